The van der Waals surface area contributed by atoms with Crippen LogP contribution in [0.4, 0.5) is 0 Å². The van der Waals surface area contributed by atoms with Crippen molar-refractivity contribution < 1.29 is 9.53 Å². The summed E-state index contributed by atoms with van der Waals surface area (Å²) in [6.45, 7) is 18.2. The Bertz CT molecular complexity index is 712. The van der Waals surface area contributed by atoms with E-state index in [4.69, 9.17) is 4.74 Å². The van der Waals surface area contributed by atoms with Crippen LogP contribution in [0.1, 0.15) is 112 Å². The molecule has 32 heavy (non-hydrogen) atoms. The second kappa shape index (κ2) is 9.10. The third kappa shape index (κ3) is 4.22. The predicted octanol–water partition coefficient (Wildman–Crippen LogP) is 8.21. The van der Waals surface area contributed by atoms with E-state index in [1.165, 1.54) is 63.4 Å². The molecule has 0 aromatic carbocycles. The van der Waals surface area contributed by atoms with Gasteiger partial charge in [0, 0.05) is 6.92 Å². The van der Waals surface area contributed by atoms with Crippen LogP contribution in [0, 0.1) is 52.3 Å². The number of carbonyl (C=O) groups excluding carboxylic acids is 1. The second-order valence-corrected chi connectivity index (χ2v) is 13.2. The van der Waals surface area contributed by atoms with Crippen molar-refractivity contribution in [2.45, 2.75) is 118 Å². The summed E-state index contributed by atoms with van der Waals surface area (Å²) in [4.78, 5) is 11.5. The first kappa shape index (κ1) is 24.3. The number of fused-ring (bicyclic) bond motifs is 5. The first-order valence-electron chi connectivity index (χ1n) is 13.9. The van der Waals surface area contributed by atoms with E-state index in [1.807, 2.05) is 0 Å². The number of rotatable bonds is 6. The maximum absolute atomic E-state index is 11.5. The van der Waals surface area contributed by atoms with Gasteiger partial charge in [0.25, 0.3) is 0 Å². The van der Waals surface area contributed by atoms with Gasteiger partial charge in [0.15, 0.2) is 0 Å². The summed E-state index contributed by atoms with van der Waals surface area (Å²) in [6, 6.07) is 0. The number of hydrogen-bond acceptors (Lipinski definition) is 2. The molecule has 4 aliphatic carbocycles. The van der Waals surface area contributed by atoms with Crippen LogP contribution in [0.15, 0.2) is 12.2 Å². The molecule has 0 aromatic heterocycles. The van der Waals surface area contributed by atoms with Crippen LogP contribution >= 0.6 is 0 Å². The molecule has 4 fully saturated rings. The summed E-state index contributed by atoms with van der Waals surface area (Å²) in [5.74, 6) is 5.86. The molecule has 4 rings (SSSR count). The van der Waals surface area contributed by atoms with Crippen molar-refractivity contribution in [3.8, 4) is 0 Å². The average molecular weight is 443 g/mol. The molecule has 2 heteroatoms. The smallest absolute Gasteiger partial charge is 0.302 e. The van der Waals surface area contributed by atoms with Gasteiger partial charge in [-0.05, 0) is 130 Å². The van der Waals surface area contributed by atoms with E-state index < -0.39 is 0 Å². The SMILES string of the molecule is C=C(C)[C@H](C)CC[C@H](C)[C@@H]1CC[C@H]2[C@@H]3CC[C@H]4C[C@@H](OC(C)=O)CC[C@]4(C)[C@H]3CC[C@@]21C. The highest BCUT2D eigenvalue weighted by Crippen LogP contribution is 2.68. The Morgan fingerprint density at radius 3 is 2.31 bits per heavy atom. The summed E-state index contributed by atoms with van der Waals surface area (Å²) >= 11 is 0. The zero-order chi connectivity index (χ0) is 23.3. The van der Waals surface area contributed by atoms with Gasteiger partial charge in [-0.3, -0.25) is 4.79 Å². The highest BCUT2D eigenvalue weighted by Gasteiger charge is 2.60. The average Bonchev–Trinajstić information content (AvgIpc) is 3.08. The lowest BCUT2D eigenvalue weighted by Crippen LogP contribution is -2.54. The molecule has 0 N–H and O–H groups in total. The van der Waals surface area contributed by atoms with Gasteiger partial charge in [-0.15, -0.1) is 0 Å². The molecule has 0 saturated heterocycles. The van der Waals surface area contributed by atoms with Crippen LogP contribution in [0.5, 0.6) is 0 Å². The molecule has 182 valence electrons. The molecule has 0 aromatic rings. The van der Waals surface area contributed by atoms with E-state index in [-0.39, 0.29) is 12.1 Å². The Balaban J connectivity index is 1.44. The van der Waals surface area contributed by atoms with Gasteiger partial charge in [-0.1, -0.05) is 39.8 Å². The molecule has 2 nitrogen and oxygen atoms in total. The standard InChI is InChI=1S/C30H50O2/c1-19(2)20(3)8-9-21(4)26-12-13-27-25-11-10-23-18-24(32-22(5)31)14-16-29(23,6)28(25)15-17-30(26,27)7/h20-21,23-28H,1,8-18H2,2-7H3/t20-,21+,23+,24+,25+,26+,27+,28+,29+,30-/m1/s1. The van der Waals surface area contributed by atoms with Crippen molar-refractivity contribution in [1.82, 2.24) is 0 Å². The molecule has 0 aliphatic heterocycles. The maximum Gasteiger partial charge on any atom is 0.302 e. The fourth-order valence-corrected chi connectivity index (χ4v) is 9.50. The molecule has 4 aliphatic rings. The van der Waals surface area contributed by atoms with Crippen molar-refractivity contribution in [2.75, 3.05) is 0 Å². The van der Waals surface area contributed by atoms with Crippen molar-refractivity contribution in [3.63, 3.8) is 0 Å². The Labute approximate surface area is 198 Å². The summed E-state index contributed by atoms with van der Waals surface area (Å²) in [7, 11) is 0. The van der Waals surface area contributed by atoms with Gasteiger partial charge < -0.3 is 4.74 Å². The van der Waals surface area contributed by atoms with Gasteiger partial charge in [0.2, 0.25) is 0 Å². The number of carbonyl (C=O) groups is 1. The third-order valence-electron chi connectivity index (χ3n) is 11.6. The van der Waals surface area contributed by atoms with Crippen molar-refractivity contribution >= 4 is 5.97 Å². The summed E-state index contributed by atoms with van der Waals surface area (Å²) in [6.07, 6.45) is 14.9. The first-order chi connectivity index (χ1) is 15.1. The maximum atomic E-state index is 11.5. The van der Waals surface area contributed by atoms with Gasteiger partial charge in [0.05, 0.1) is 0 Å². The third-order valence-corrected chi connectivity index (χ3v) is 11.6. The van der Waals surface area contributed by atoms with Crippen molar-refractivity contribution in [3.05, 3.63) is 12.2 Å². The molecule has 0 unspecified atom stereocenters. The molecular formula is C30H50O2. The quantitative estimate of drug-likeness (QED) is 0.306. The second-order valence-electron chi connectivity index (χ2n) is 13.2. The molecule has 4 saturated carbocycles. The van der Waals surface area contributed by atoms with E-state index in [1.54, 1.807) is 6.92 Å². The van der Waals surface area contributed by atoms with E-state index >= 15 is 0 Å². The van der Waals surface area contributed by atoms with Gasteiger partial charge >= 0.3 is 5.97 Å². The van der Waals surface area contributed by atoms with E-state index in [0.717, 1.165) is 48.3 Å². The summed E-state index contributed by atoms with van der Waals surface area (Å²) in [5.41, 5.74) is 2.38. The molecule has 0 radical (unpaired) electrons. The minimum absolute atomic E-state index is 0.0931. The van der Waals surface area contributed by atoms with Crippen molar-refractivity contribution in [1.29, 1.82) is 0 Å². The number of allylic oxidation sites excluding steroid dienone is 1. The fourth-order valence-electron chi connectivity index (χ4n) is 9.50. The minimum atomic E-state index is -0.0931. The monoisotopic (exact) mass is 442 g/mol. The van der Waals surface area contributed by atoms with E-state index in [2.05, 4.69) is 41.2 Å². The number of ether oxygens (including phenoxy) is 1. The van der Waals surface area contributed by atoms with Gasteiger partial charge in [0.1, 0.15) is 6.10 Å². The largest absolute Gasteiger partial charge is 0.463 e. The highest BCUT2D eigenvalue weighted by atomic mass is 16.5. The first-order valence-corrected chi connectivity index (χ1v) is 13.9. The Morgan fingerprint density at radius 1 is 0.938 bits per heavy atom. The Morgan fingerprint density at radius 2 is 1.62 bits per heavy atom. The highest BCUT2D eigenvalue weighted by molar-refractivity contribution is 5.66. The molecule has 0 spiro atoms. The van der Waals surface area contributed by atoms with Crippen LogP contribution in [-0.4, -0.2) is 12.1 Å². The van der Waals surface area contributed by atoms with E-state index in [0.29, 0.717) is 16.7 Å². The predicted molar refractivity (Wildman–Crippen MR) is 133 cm³/mol. The Hall–Kier alpha value is -0.790. The zero-order valence-electron chi connectivity index (χ0n) is 21.9. The Kier molecular flexibility index (Phi) is 6.92. The van der Waals surface area contributed by atoms with Gasteiger partial charge in [-0.2, -0.15) is 0 Å². The van der Waals surface area contributed by atoms with Crippen LogP contribution in [0.2, 0.25) is 0 Å². The fraction of sp³-hybridized carbons (Fsp3) is 0.900. The number of hydrogen-bond donors (Lipinski definition) is 0. The van der Waals surface area contributed by atoms with Crippen LogP contribution in [-0.2, 0) is 9.53 Å². The normalized spacial score (nSPS) is 45.2. The number of esters is 1. The molecule has 0 heterocycles. The zero-order valence-corrected chi connectivity index (χ0v) is 21.9. The van der Waals surface area contributed by atoms with Gasteiger partial charge in [-0.25, -0.2) is 0 Å². The van der Waals surface area contributed by atoms with Crippen LogP contribution in [0.25, 0.3) is 0 Å². The molecule has 10 atom stereocenters. The molecular weight excluding hydrogens is 392 g/mol. The van der Waals surface area contributed by atoms with Crippen LogP contribution < -0.4 is 0 Å². The lowest BCUT2D eigenvalue weighted by molar-refractivity contribution is -0.160. The van der Waals surface area contributed by atoms with E-state index in [9.17, 15) is 4.79 Å². The molecule has 0 amide bonds. The van der Waals surface area contributed by atoms with Crippen LogP contribution in [0.3, 0.4) is 0 Å². The summed E-state index contributed by atoms with van der Waals surface area (Å²) < 4.78 is 5.66. The lowest BCUT2D eigenvalue weighted by atomic mass is 9.44. The minimum Gasteiger partial charge on any atom is -0.463 e. The summed E-state index contributed by atoms with van der Waals surface area (Å²) in [5, 5.41) is 0. The topological polar surface area (TPSA) is 26.3 Å². The molecule has 0 bridgehead atoms. The van der Waals surface area contributed by atoms with Crippen molar-refractivity contribution in [2.24, 2.45) is 52.3 Å². The lowest BCUT2D eigenvalue weighted by Gasteiger charge is -2.61.